The lowest BCUT2D eigenvalue weighted by Gasteiger charge is -2.20. The van der Waals surface area contributed by atoms with E-state index in [1.807, 2.05) is 25.1 Å². The van der Waals surface area contributed by atoms with Crippen molar-refractivity contribution in [1.82, 2.24) is 4.98 Å². The van der Waals surface area contributed by atoms with Crippen LogP contribution in [0.2, 0.25) is 0 Å². The Hall–Kier alpha value is -2.54. The molecule has 0 spiro atoms. The molecule has 0 radical (unpaired) electrons. The summed E-state index contributed by atoms with van der Waals surface area (Å²) in [6.45, 7) is 3.12. The highest BCUT2D eigenvalue weighted by Crippen LogP contribution is 2.37. The van der Waals surface area contributed by atoms with Gasteiger partial charge < -0.3 is 9.47 Å². The maximum atomic E-state index is 9.16. The van der Waals surface area contributed by atoms with Crippen LogP contribution in [-0.2, 0) is 0 Å². The quantitative estimate of drug-likeness (QED) is 0.783. The highest BCUT2D eigenvalue weighted by atomic mass is 16.6. The number of aromatic nitrogens is 1. The third-order valence-electron chi connectivity index (χ3n) is 3.12. The normalized spacial score (nSPS) is 12.8. The SMILES string of the molecule is Cc1cc2c(cc1-c1ccncc1C#N)OCCO2. The summed E-state index contributed by atoms with van der Waals surface area (Å²) in [5.74, 6) is 1.49. The van der Waals surface area contributed by atoms with Gasteiger partial charge in [0.1, 0.15) is 19.3 Å². The maximum Gasteiger partial charge on any atom is 0.161 e. The van der Waals surface area contributed by atoms with E-state index in [4.69, 9.17) is 14.7 Å². The van der Waals surface area contributed by atoms with Gasteiger partial charge in [-0.05, 0) is 36.2 Å². The predicted molar refractivity (Wildman–Crippen MR) is 70.1 cm³/mol. The number of rotatable bonds is 1. The first kappa shape index (κ1) is 11.5. The van der Waals surface area contributed by atoms with Crippen molar-refractivity contribution in [2.75, 3.05) is 13.2 Å². The lowest BCUT2D eigenvalue weighted by atomic mass is 9.97. The smallest absolute Gasteiger partial charge is 0.161 e. The third-order valence-corrected chi connectivity index (χ3v) is 3.12. The first-order valence-electron chi connectivity index (χ1n) is 6.04. The fourth-order valence-corrected chi connectivity index (χ4v) is 2.20. The van der Waals surface area contributed by atoms with Crippen LogP contribution in [0.15, 0.2) is 30.6 Å². The highest BCUT2D eigenvalue weighted by molar-refractivity contribution is 5.75. The number of hydrogen-bond donors (Lipinski definition) is 0. The van der Waals surface area contributed by atoms with Gasteiger partial charge in [0.05, 0.1) is 5.56 Å². The average Bonchev–Trinajstić information content (AvgIpc) is 2.46. The van der Waals surface area contributed by atoms with Crippen LogP contribution in [0, 0.1) is 18.3 Å². The number of hydrogen-bond acceptors (Lipinski definition) is 4. The maximum absolute atomic E-state index is 9.16. The minimum atomic E-state index is 0.553. The molecule has 19 heavy (non-hydrogen) atoms. The molecule has 0 unspecified atom stereocenters. The van der Waals surface area contributed by atoms with Gasteiger partial charge in [0.25, 0.3) is 0 Å². The molecule has 0 bridgehead atoms. The van der Waals surface area contributed by atoms with E-state index in [0.717, 1.165) is 28.2 Å². The van der Waals surface area contributed by atoms with Gasteiger partial charge in [-0.25, -0.2) is 0 Å². The van der Waals surface area contributed by atoms with Gasteiger partial charge in [0.15, 0.2) is 11.5 Å². The number of nitrogens with zero attached hydrogens (tertiary/aromatic N) is 2. The Morgan fingerprint density at radius 2 is 1.89 bits per heavy atom. The number of ether oxygens (including phenoxy) is 2. The van der Waals surface area contributed by atoms with Crippen LogP contribution in [0.1, 0.15) is 11.1 Å². The zero-order valence-electron chi connectivity index (χ0n) is 10.5. The molecule has 1 aromatic carbocycles. The molecule has 0 amide bonds. The minimum Gasteiger partial charge on any atom is -0.486 e. The monoisotopic (exact) mass is 252 g/mol. The Morgan fingerprint density at radius 3 is 2.63 bits per heavy atom. The number of pyridine rings is 1. The molecule has 4 heteroatoms. The van der Waals surface area contributed by atoms with Crippen LogP contribution in [0.3, 0.4) is 0 Å². The zero-order valence-corrected chi connectivity index (χ0v) is 10.5. The van der Waals surface area contributed by atoms with Crippen molar-refractivity contribution < 1.29 is 9.47 Å². The predicted octanol–water partition coefficient (Wildman–Crippen LogP) is 2.70. The van der Waals surface area contributed by atoms with Crippen molar-refractivity contribution in [2.24, 2.45) is 0 Å². The lowest BCUT2D eigenvalue weighted by Crippen LogP contribution is -2.15. The second kappa shape index (κ2) is 4.62. The van der Waals surface area contributed by atoms with Crippen molar-refractivity contribution in [1.29, 1.82) is 5.26 Å². The Kier molecular flexibility index (Phi) is 2.81. The van der Waals surface area contributed by atoms with E-state index in [9.17, 15) is 0 Å². The van der Waals surface area contributed by atoms with E-state index >= 15 is 0 Å². The lowest BCUT2D eigenvalue weighted by molar-refractivity contribution is 0.171. The van der Waals surface area contributed by atoms with Crippen molar-refractivity contribution in [3.05, 3.63) is 41.7 Å². The van der Waals surface area contributed by atoms with Gasteiger partial charge in [0, 0.05) is 18.0 Å². The van der Waals surface area contributed by atoms with Crippen molar-refractivity contribution in [2.45, 2.75) is 6.92 Å². The second-order valence-corrected chi connectivity index (χ2v) is 4.34. The molecule has 0 saturated carbocycles. The van der Waals surface area contributed by atoms with Gasteiger partial charge in [-0.3, -0.25) is 4.98 Å². The Labute approximate surface area is 111 Å². The molecule has 4 nitrogen and oxygen atoms in total. The molecular formula is C15H12N2O2. The van der Waals surface area contributed by atoms with E-state index in [0.29, 0.717) is 18.8 Å². The van der Waals surface area contributed by atoms with Crippen LogP contribution in [0.25, 0.3) is 11.1 Å². The summed E-state index contributed by atoms with van der Waals surface area (Å²) in [7, 11) is 0. The first-order valence-corrected chi connectivity index (χ1v) is 6.04. The summed E-state index contributed by atoms with van der Waals surface area (Å²) in [5.41, 5.74) is 3.45. The van der Waals surface area contributed by atoms with E-state index in [1.165, 1.54) is 0 Å². The standard InChI is InChI=1S/C15H12N2O2/c1-10-6-14-15(19-5-4-18-14)7-13(10)12-2-3-17-9-11(12)8-16/h2-3,6-7,9H,4-5H2,1H3. The summed E-state index contributed by atoms with van der Waals surface area (Å²) in [6, 6.07) is 7.89. The molecule has 1 aliphatic rings. The van der Waals surface area contributed by atoms with Crippen LogP contribution >= 0.6 is 0 Å². The van der Waals surface area contributed by atoms with Gasteiger partial charge in [-0.2, -0.15) is 5.26 Å². The van der Waals surface area contributed by atoms with E-state index in [1.54, 1.807) is 12.4 Å². The molecule has 2 aromatic rings. The summed E-state index contributed by atoms with van der Waals surface area (Å²) in [5, 5.41) is 9.16. The molecule has 0 atom stereocenters. The molecular weight excluding hydrogens is 240 g/mol. The largest absolute Gasteiger partial charge is 0.486 e. The van der Waals surface area contributed by atoms with Crippen molar-refractivity contribution in [3.63, 3.8) is 0 Å². The van der Waals surface area contributed by atoms with Gasteiger partial charge >= 0.3 is 0 Å². The van der Waals surface area contributed by atoms with Crippen LogP contribution in [-0.4, -0.2) is 18.2 Å². The van der Waals surface area contributed by atoms with Crippen LogP contribution in [0.5, 0.6) is 11.5 Å². The topological polar surface area (TPSA) is 55.1 Å². The Bertz CT molecular complexity index is 674. The summed E-state index contributed by atoms with van der Waals surface area (Å²) < 4.78 is 11.1. The molecule has 2 heterocycles. The van der Waals surface area contributed by atoms with E-state index < -0.39 is 0 Å². The Morgan fingerprint density at radius 1 is 1.16 bits per heavy atom. The molecule has 0 aliphatic carbocycles. The Balaban J connectivity index is 2.18. The number of benzene rings is 1. The van der Waals surface area contributed by atoms with Gasteiger partial charge in [-0.15, -0.1) is 0 Å². The molecule has 1 aromatic heterocycles. The fourth-order valence-electron chi connectivity index (χ4n) is 2.20. The van der Waals surface area contributed by atoms with E-state index in [2.05, 4.69) is 11.1 Å². The molecule has 0 N–H and O–H groups in total. The zero-order chi connectivity index (χ0) is 13.2. The van der Waals surface area contributed by atoms with E-state index in [-0.39, 0.29) is 0 Å². The van der Waals surface area contributed by atoms with Crippen molar-refractivity contribution >= 4 is 0 Å². The first-order chi connectivity index (χ1) is 9.29. The van der Waals surface area contributed by atoms with Crippen LogP contribution < -0.4 is 9.47 Å². The van der Waals surface area contributed by atoms with Crippen molar-refractivity contribution in [3.8, 4) is 28.7 Å². The number of nitriles is 1. The molecule has 0 saturated heterocycles. The molecule has 3 rings (SSSR count). The van der Waals surface area contributed by atoms with Gasteiger partial charge in [-0.1, -0.05) is 0 Å². The third kappa shape index (κ3) is 2.00. The molecule has 0 fully saturated rings. The fraction of sp³-hybridized carbons (Fsp3) is 0.200. The molecule has 1 aliphatic heterocycles. The number of aryl methyl sites for hydroxylation is 1. The number of fused-ring (bicyclic) bond motifs is 1. The molecule has 94 valence electrons. The summed E-state index contributed by atoms with van der Waals surface area (Å²) >= 11 is 0. The summed E-state index contributed by atoms with van der Waals surface area (Å²) in [6.07, 6.45) is 3.26. The average molecular weight is 252 g/mol. The minimum absolute atomic E-state index is 0.553. The summed E-state index contributed by atoms with van der Waals surface area (Å²) in [4.78, 5) is 3.98. The van der Waals surface area contributed by atoms with Crippen LogP contribution in [0.4, 0.5) is 0 Å². The highest BCUT2D eigenvalue weighted by Gasteiger charge is 2.16. The van der Waals surface area contributed by atoms with Gasteiger partial charge in [0.2, 0.25) is 0 Å². The second-order valence-electron chi connectivity index (χ2n) is 4.34.